The Kier molecular flexibility index (Phi) is 6.51. The van der Waals surface area contributed by atoms with E-state index < -0.39 is 0 Å². The number of nitriles is 1. The third kappa shape index (κ3) is 4.87. The number of aryl methyl sites for hydroxylation is 1. The maximum absolute atomic E-state index is 12.8. The molecule has 34 heavy (non-hydrogen) atoms. The number of carbonyl (C=O) groups is 1. The summed E-state index contributed by atoms with van der Waals surface area (Å²) in [6.45, 7) is 3.77. The van der Waals surface area contributed by atoms with E-state index in [-0.39, 0.29) is 11.8 Å². The van der Waals surface area contributed by atoms with Crippen LogP contribution in [0.4, 0.5) is 11.4 Å². The summed E-state index contributed by atoms with van der Waals surface area (Å²) >= 11 is 0. The van der Waals surface area contributed by atoms with Crippen molar-refractivity contribution in [3.63, 3.8) is 0 Å². The number of aromatic nitrogens is 2. The van der Waals surface area contributed by atoms with Gasteiger partial charge < -0.3 is 21.0 Å². The summed E-state index contributed by atoms with van der Waals surface area (Å²) in [5.41, 5.74) is 6.02. The van der Waals surface area contributed by atoms with E-state index >= 15 is 0 Å². The Bertz CT molecular complexity index is 1440. The number of rotatable bonds is 7. The molecule has 0 fully saturated rings. The van der Waals surface area contributed by atoms with Crippen LogP contribution < -0.4 is 10.6 Å². The highest BCUT2D eigenvalue weighted by Crippen LogP contribution is 2.23. The van der Waals surface area contributed by atoms with Gasteiger partial charge in [-0.05, 0) is 61.4 Å². The van der Waals surface area contributed by atoms with Gasteiger partial charge in [-0.25, -0.2) is 4.98 Å². The zero-order chi connectivity index (χ0) is 24.1. The molecule has 168 valence electrons. The average Bonchev–Trinajstić information content (AvgIpc) is 3.34. The Labute approximate surface area is 197 Å². The van der Waals surface area contributed by atoms with E-state index in [1.54, 1.807) is 37.5 Å². The topological polar surface area (TPSA) is 117 Å². The number of nitrogens with zero attached hydrogens (tertiary/aromatic N) is 2. The molecule has 0 saturated heterocycles. The molecule has 0 bridgehead atoms. The summed E-state index contributed by atoms with van der Waals surface area (Å²) in [5, 5.41) is 24.1. The van der Waals surface area contributed by atoms with Crippen LogP contribution in [0.1, 0.15) is 39.9 Å². The van der Waals surface area contributed by atoms with E-state index in [1.165, 1.54) is 6.21 Å². The molecule has 2 heterocycles. The van der Waals surface area contributed by atoms with Gasteiger partial charge in [-0.2, -0.15) is 5.26 Å². The number of anilines is 2. The molecule has 2 aromatic carbocycles. The summed E-state index contributed by atoms with van der Waals surface area (Å²) < 4.78 is 0. The highest BCUT2D eigenvalue weighted by atomic mass is 16.1. The third-order valence-electron chi connectivity index (χ3n) is 5.61. The Morgan fingerprint density at radius 2 is 2.03 bits per heavy atom. The van der Waals surface area contributed by atoms with E-state index in [4.69, 9.17) is 10.7 Å². The number of hydrogen-bond donors (Lipinski definition) is 4. The first-order valence-electron chi connectivity index (χ1n) is 10.8. The summed E-state index contributed by atoms with van der Waals surface area (Å²) in [7, 11) is 0. The lowest BCUT2D eigenvalue weighted by Gasteiger charge is -2.12. The third-order valence-corrected chi connectivity index (χ3v) is 5.61. The molecular weight excluding hydrogens is 424 g/mol. The smallest absolute Gasteiger partial charge is 0.255 e. The zero-order valence-corrected chi connectivity index (χ0v) is 18.9. The van der Waals surface area contributed by atoms with Crippen LogP contribution in [0.15, 0.2) is 73.2 Å². The van der Waals surface area contributed by atoms with Crippen molar-refractivity contribution >= 4 is 40.1 Å². The lowest BCUT2D eigenvalue weighted by Crippen LogP contribution is -2.12. The van der Waals surface area contributed by atoms with Crippen LogP contribution in [0.3, 0.4) is 0 Å². The quantitative estimate of drug-likeness (QED) is 0.265. The van der Waals surface area contributed by atoms with Crippen LogP contribution in [-0.2, 0) is 0 Å². The minimum absolute atomic E-state index is 0.247. The van der Waals surface area contributed by atoms with Gasteiger partial charge in [0.15, 0.2) is 0 Å². The van der Waals surface area contributed by atoms with Crippen molar-refractivity contribution in [2.45, 2.75) is 19.8 Å². The van der Waals surface area contributed by atoms with E-state index in [2.05, 4.69) is 26.7 Å². The Hall–Kier alpha value is -4.70. The van der Waals surface area contributed by atoms with Crippen LogP contribution in [0.25, 0.3) is 16.6 Å². The molecule has 1 unspecified atom stereocenters. The van der Waals surface area contributed by atoms with Crippen molar-refractivity contribution in [3.8, 4) is 6.07 Å². The van der Waals surface area contributed by atoms with Crippen LogP contribution in [0, 0.1) is 23.7 Å². The van der Waals surface area contributed by atoms with Crippen molar-refractivity contribution < 1.29 is 4.79 Å². The SMILES string of the molecule is Cc1ccc(NC(=O)c2cccc(C(C)C#N)c2)cc1N/C=C(\C=N)c1cnc2[nH]ccc2c1. The summed E-state index contributed by atoms with van der Waals surface area (Å²) in [6.07, 6.45) is 6.58. The summed E-state index contributed by atoms with van der Waals surface area (Å²) in [6, 6.07) is 18.8. The molecular formula is C27H24N6O. The maximum atomic E-state index is 12.8. The largest absolute Gasteiger partial charge is 0.361 e. The fraction of sp³-hybridized carbons (Fsp3) is 0.111. The van der Waals surface area contributed by atoms with Crippen LogP contribution in [-0.4, -0.2) is 22.1 Å². The first-order valence-corrected chi connectivity index (χ1v) is 10.8. The number of aromatic amines is 1. The van der Waals surface area contributed by atoms with Crippen molar-refractivity contribution in [2.24, 2.45) is 0 Å². The molecule has 1 amide bonds. The van der Waals surface area contributed by atoms with Gasteiger partial charge in [0.2, 0.25) is 0 Å². The number of fused-ring (bicyclic) bond motifs is 1. The number of carbonyl (C=O) groups excluding carboxylic acids is 1. The van der Waals surface area contributed by atoms with Crippen molar-refractivity contribution in [1.82, 2.24) is 9.97 Å². The first kappa shape index (κ1) is 22.5. The van der Waals surface area contributed by atoms with Gasteiger partial charge in [0.25, 0.3) is 5.91 Å². The normalized spacial score (nSPS) is 12.1. The number of hydrogen-bond acceptors (Lipinski definition) is 5. The van der Waals surface area contributed by atoms with Crippen molar-refractivity contribution in [3.05, 3.63) is 95.4 Å². The van der Waals surface area contributed by atoms with E-state index in [0.29, 0.717) is 16.8 Å². The Morgan fingerprint density at radius 3 is 2.82 bits per heavy atom. The van der Waals surface area contributed by atoms with E-state index in [1.807, 2.05) is 49.5 Å². The number of amides is 1. The number of H-pyrrole nitrogens is 1. The van der Waals surface area contributed by atoms with Gasteiger partial charge in [-0.15, -0.1) is 0 Å². The molecule has 2 aromatic heterocycles. The second-order valence-electron chi connectivity index (χ2n) is 7.99. The molecule has 7 heteroatoms. The van der Waals surface area contributed by atoms with Gasteiger partial charge in [0.1, 0.15) is 5.65 Å². The van der Waals surface area contributed by atoms with Gasteiger partial charge >= 0.3 is 0 Å². The highest BCUT2D eigenvalue weighted by molar-refractivity contribution is 6.09. The molecule has 4 rings (SSSR count). The number of nitrogens with one attached hydrogen (secondary N) is 4. The summed E-state index contributed by atoms with van der Waals surface area (Å²) in [4.78, 5) is 20.2. The van der Waals surface area contributed by atoms with Gasteiger partial charge in [0.05, 0.1) is 12.0 Å². The number of allylic oxidation sites excluding steroid dienone is 1. The highest BCUT2D eigenvalue weighted by Gasteiger charge is 2.11. The van der Waals surface area contributed by atoms with Gasteiger partial charge in [0, 0.05) is 58.3 Å². The fourth-order valence-corrected chi connectivity index (χ4v) is 3.54. The standard InChI is InChI=1S/C27H24N6O/c1-17-6-7-24(33-27(34)21-5-3-4-19(10-21)18(2)13-28)12-25(17)31-16-23(14-29)22-11-20-8-9-30-26(20)32-15-22/h3-12,14-16,18,29,31H,1-2H3,(H,30,32)(H,33,34)/b23-16+,29-14?. The molecule has 4 aromatic rings. The van der Waals surface area contributed by atoms with E-state index in [0.717, 1.165) is 33.4 Å². The zero-order valence-electron chi connectivity index (χ0n) is 18.9. The Morgan fingerprint density at radius 1 is 1.18 bits per heavy atom. The van der Waals surface area contributed by atoms with Gasteiger partial charge in [-0.1, -0.05) is 18.2 Å². The van der Waals surface area contributed by atoms with Crippen molar-refractivity contribution in [2.75, 3.05) is 10.6 Å². The molecule has 0 aliphatic carbocycles. The fourth-order valence-electron chi connectivity index (χ4n) is 3.54. The van der Waals surface area contributed by atoms with Crippen LogP contribution in [0.2, 0.25) is 0 Å². The number of pyridine rings is 1. The maximum Gasteiger partial charge on any atom is 0.255 e. The molecule has 1 atom stereocenters. The van der Waals surface area contributed by atoms with Crippen LogP contribution >= 0.6 is 0 Å². The first-order chi connectivity index (χ1) is 16.5. The predicted molar refractivity (Wildman–Crippen MR) is 136 cm³/mol. The molecule has 0 aliphatic heterocycles. The summed E-state index contributed by atoms with van der Waals surface area (Å²) in [5.74, 6) is -0.533. The van der Waals surface area contributed by atoms with E-state index in [9.17, 15) is 4.79 Å². The second kappa shape index (κ2) is 9.84. The lowest BCUT2D eigenvalue weighted by atomic mass is 10.00. The molecule has 0 spiro atoms. The number of benzene rings is 2. The molecule has 0 aliphatic rings. The van der Waals surface area contributed by atoms with Crippen LogP contribution in [0.5, 0.6) is 0 Å². The molecule has 7 nitrogen and oxygen atoms in total. The van der Waals surface area contributed by atoms with Crippen molar-refractivity contribution in [1.29, 1.82) is 10.7 Å². The molecule has 0 radical (unpaired) electrons. The molecule has 0 saturated carbocycles. The monoisotopic (exact) mass is 448 g/mol. The lowest BCUT2D eigenvalue weighted by molar-refractivity contribution is 0.102. The average molecular weight is 449 g/mol. The second-order valence-corrected chi connectivity index (χ2v) is 7.99. The van der Waals surface area contributed by atoms with Gasteiger partial charge in [-0.3, -0.25) is 4.79 Å². The molecule has 4 N–H and O–H groups in total. The minimum atomic E-state index is -0.286. The Balaban J connectivity index is 1.53. The minimum Gasteiger partial charge on any atom is -0.361 e. The predicted octanol–water partition coefficient (Wildman–Crippen LogP) is 5.85.